The van der Waals surface area contributed by atoms with Crippen molar-refractivity contribution in [2.24, 2.45) is 0 Å². The molecule has 1 unspecified atom stereocenters. The molecular weight excluding hydrogens is 320 g/mol. The molecule has 0 fully saturated rings. The molecule has 25 heavy (non-hydrogen) atoms. The largest absolute Gasteiger partial charge is 0.507 e. The number of benzene rings is 1. The van der Waals surface area contributed by atoms with Crippen molar-refractivity contribution in [3.8, 4) is 11.5 Å². The number of hydrogen-bond donors (Lipinski definition) is 2. The van der Waals surface area contributed by atoms with Gasteiger partial charge in [-0.05, 0) is 50.8 Å². The second kappa shape index (κ2) is 6.38. The van der Waals surface area contributed by atoms with Crippen molar-refractivity contribution in [3.63, 3.8) is 0 Å². The fourth-order valence-electron chi connectivity index (χ4n) is 3.23. The van der Waals surface area contributed by atoms with Gasteiger partial charge in [0.25, 0.3) is 5.91 Å². The summed E-state index contributed by atoms with van der Waals surface area (Å²) >= 11 is 0. The lowest BCUT2D eigenvalue weighted by Crippen LogP contribution is -2.51. The summed E-state index contributed by atoms with van der Waals surface area (Å²) in [6, 6.07) is 0. The molecular formula is C18H24N4O3. The number of aromatic nitrogens is 3. The Morgan fingerprint density at radius 2 is 2.12 bits per heavy atom. The van der Waals surface area contributed by atoms with Crippen LogP contribution in [0.4, 0.5) is 0 Å². The molecule has 2 heterocycles. The number of hydrogen-bond acceptors (Lipinski definition) is 5. The standard InChI is InChI=1S/C18H24N4O3/c1-11-12(2)16-14(13(3)15(11)23)5-6-18(4,25-16)17(24)20-7-8-22-10-19-9-21-22/h9-10,23H,5-8H2,1-4H3,(H,20,24). The van der Waals surface area contributed by atoms with Crippen LogP contribution in [-0.4, -0.2) is 37.9 Å². The van der Waals surface area contributed by atoms with Gasteiger partial charge < -0.3 is 15.2 Å². The number of amides is 1. The monoisotopic (exact) mass is 344 g/mol. The van der Waals surface area contributed by atoms with Crippen LogP contribution in [0.25, 0.3) is 0 Å². The molecule has 7 heteroatoms. The van der Waals surface area contributed by atoms with Crippen molar-refractivity contribution in [1.29, 1.82) is 0 Å². The van der Waals surface area contributed by atoms with Gasteiger partial charge in [0.1, 0.15) is 24.2 Å². The van der Waals surface area contributed by atoms with Crippen molar-refractivity contribution >= 4 is 5.91 Å². The van der Waals surface area contributed by atoms with Crippen molar-refractivity contribution in [2.45, 2.75) is 52.7 Å². The molecule has 134 valence electrons. The summed E-state index contributed by atoms with van der Waals surface area (Å²) in [6.07, 6.45) is 4.34. The molecule has 0 aliphatic carbocycles. The molecule has 0 bridgehead atoms. The molecule has 0 saturated carbocycles. The Bertz CT molecular complexity index is 801. The highest BCUT2D eigenvalue weighted by Gasteiger charge is 2.40. The maximum absolute atomic E-state index is 12.7. The first-order valence-corrected chi connectivity index (χ1v) is 8.45. The number of phenols is 1. The summed E-state index contributed by atoms with van der Waals surface area (Å²) in [5.41, 5.74) is 2.60. The van der Waals surface area contributed by atoms with Gasteiger partial charge in [-0.15, -0.1) is 0 Å². The molecule has 0 spiro atoms. The third kappa shape index (κ3) is 3.06. The summed E-state index contributed by atoms with van der Waals surface area (Å²) in [6.45, 7) is 8.51. The Morgan fingerprint density at radius 1 is 1.36 bits per heavy atom. The molecule has 0 radical (unpaired) electrons. The quantitative estimate of drug-likeness (QED) is 0.883. The van der Waals surface area contributed by atoms with Crippen LogP contribution in [0.3, 0.4) is 0 Å². The van der Waals surface area contributed by atoms with E-state index in [1.165, 1.54) is 6.33 Å². The Kier molecular flexibility index (Phi) is 4.41. The molecule has 1 aromatic carbocycles. The van der Waals surface area contributed by atoms with Crippen LogP contribution in [0.1, 0.15) is 35.6 Å². The van der Waals surface area contributed by atoms with Gasteiger partial charge in [-0.1, -0.05) is 0 Å². The predicted molar refractivity (Wildman–Crippen MR) is 92.7 cm³/mol. The highest BCUT2D eigenvalue weighted by molar-refractivity contribution is 5.85. The van der Waals surface area contributed by atoms with Crippen LogP contribution >= 0.6 is 0 Å². The smallest absolute Gasteiger partial charge is 0.263 e. The van der Waals surface area contributed by atoms with Gasteiger partial charge in [0.15, 0.2) is 5.60 Å². The summed E-state index contributed by atoms with van der Waals surface area (Å²) in [5.74, 6) is 0.912. The number of rotatable bonds is 4. The molecule has 1 aliphatic heterocycles. The van der Waals surface area contributed by atoms with E-state index in [0.29, 0.717) is 31.7 Å². The first-order chi connectivity index (χ1) is 11.8. The third-order valence-corrected chi connectivity index (χ3v) is 5.09. The molecule has 3 rings (SSSR count). The van der Waals surface area contributed by atoms with E-state index in [1.807, 2.05) is 27.7 Å². The fraction of sp³-hybridized carbons (Fsp3) is 0.500. The number of carbonyl (C=O) groups is 1. The van der Waals surface area contributed by atoms with E-state index in [0.717, 1.165) is 28.0 Å². The molecule has 2 aromatic rings. The summed E-state index contributed by atoms with van der Waals surface area (Å²) < 4.78 is 7.82. The number of carbonyl (C=O) groups excluding carboxylic acids is 1. The minimum atomic E-state index is -0.921. The number of nitrogens with one attached hydrogen (secondary N) is 1. The summed E-state index contributed by atoms with van der Waals surface area (Å²) in [7, 11) is 0. The van der Waals surface area contributed by atoms with Gasteiger partial charge in [-0.25, -0.2) is 4.98 Å². The first kappa shape index (κ1) is 17.3. The Hall–Kier alpha value is -2.57. The number of nitrogens with zero attached hydrogens (tertiary/aromatic N) is 3. The zero-order valence-corrected chi connectivity index (χ0v) is 15.1. The van der Waals surface area contributed by atoms with Crippen LogP contribution in [0.5, 0.6) is 11.5 Å². The molecule has 7 nitrogen and oxygen atoms in total. The van der Waals surface area contributed by atoms with Crippen LogP contribution < -0.4 is 10.1 Å². The summed E-state index contributed by atoms with van der Waals surface area (Å²) in [4.78, 5) is 16.6. The molecule has 2 N–H and O–H groups in total. The van der Waals surface area contributed by atoms with Gasteiger partial charge in [0, 0.05) is 18.5 Å². The lowest BCUT2D eigenvalue weighted by molar-refractivity contribution is -0.136. The van der Waals surface area contributed by atoms with E-state index in [1.54, 1.807) is 11.0 Å². The van der Waals surface area contributed by atoms with Gasteiger partial charge >= 0.3 is 0 Å². The third-order valence-electron chi connectivity index (χ3n) is 5.09. The van der Waals surface area contributed by atoms with E-state index in [4.69, 9.17) is 4.74 Å². The molecule has 1 aliphatic rings. The van der Waals surface area contributed by atoms with Crippen molar-refractivity contribution in [3.05, 3.63) is 34.9 Å². The topological polar surface area (TPSA) is 89.3 Å². The number of ether oxygens (including phenoxy) is 1. The van der Waals surface area contributed by atoms with Gasteiger partial charge in [0.05, 0.1) is 6.54 Å². The van der Waals surface area contributed by atoms with Gasteiger partial charge in [0.2, 0.25) is 0 Å². The van der Waals surface area contributed by atoms with Crippen LogP contribution in [0, 0.1) is 20.8 Å². The number of phenolic OH excluding ortho intramolecular Hbond substituents is 1. The Labute approximate surface area is 147 Å². The van der Waals surface area contributed by atoms with Crippen molar-refractivity contribution in [2.75, 3.05) is 6.54 Å². The van der Waals surface area contributed by atoms with E-state index < -0.39 is 5.60 Å². The predicted octanol–water partition coefficient (Wildman–Crippen LogP) is 1.81. The van der Waals surface area contributed by atoms with E-state index in [9.17, 15) is 9.90 Å². The first-order valence-electron chi connectivity index (χ1n) is 8.45. The summed E-state index contributed by atoms with van der Waals surface area (Å²) in [5, 5.41) is 17.2. The zero-order valence-electron chi connectivity index (χ0n) is 15.1. The van der Waals surface area contributed by atoms with E-state index >= 15 is 0 Å². The maximum Gasteiger partial charge on any atom is 0.263 e. The molecule has 1 amide bonds. The zero-order chi connectivity index (χ0) is 18.2. The molecule has 0 saturated heterocycles. The van der Waals surface area contributed by atoms with Crippen LogP contribution in [0.15, 0.2) is 12.7 Å². The highest BCUT2D eigenvalue weighted by Crippen LogP contribution is 2.43. The average Bonchev–Trinajstić information content (AvgIpc) is 3.11. The van der Waals surface area contributed by atoms with E-state index in [-0.39, 0.29) is 5.91 Å². The highest BCUT2D eigenvalue weighted by atomic mass is 16.5. The lowest BCUT2D eigenvalue weighted by atomic mass is 9.86. The minimum Gasteiger partial charge on any atom is -0.507 e. The van der Waals surface area contributed by atoms with Crippen molar-refractivity contribution < 1.29 is 14.6 Å². The Morgan fingerprint density at radius 3 is 2.80 bits per heavy atom. The second-order valence-corrected chi connectivity index (χ2v) is 6.78. The normalized spacial score (nSPS) is 19.2. The SMILES string of the molecule is Cc1c(C)c2c(c(C)c1O)CCC(C)(C(=O)NCCn1cncn1)O2. The maximum atomic E-state index is 12.7. The average molecular weight is 344 g/mol. The minimum absolute atomic E-state index is 0.138. The number of aromatic hydroxyl groups is 1. The Balaban J connectivity index is 1.75. The molecule has 1 aromatic heterocycles. The number of fused-ring (bicyclic) bond motifs is 1. The fourth-order valence-corrected chi connectivity index (χ4v) is 3.23. The second-order valence-electron chi connectivity index (χ2n) is 6.78. The van der Waals surface area contributed by atoms with Gasteiger partial charge in [-0.3, -0.25) is 9.48 Å². The lowest BCUT2D eigenvalue weighted by Gasteiger charge is -2.36. The van der Waals surface area contributed by atoms with Crippen molar-refractivity contribution in [1.82, 2.24) is 20.1 Å². The van der Waals surface area contributed by atoms with Gasteiger partial charge in [-0.2, -0.15) is 5.10 Å². The van der Waals surface area contributed by atoms with Crippen LogP contribution in [-0.2, 0) is 17.8 Å². The van der Waals surface area contributed by atoms with Crippen LogP contribution in [0.2, 0.25) is 0 Å². The molecule has 1 atom stereocenters. The van der Waals surface area contributed by atoms with E-state index in [2.05, 4.69) is 15.4 Å².